The van der Waals surface area contributed by atoms with Crippen LogP contribution in [0.15, 0.2) is 48.5 Å². The Morgan fingerprint density at radius 3 is 1.46 bits per heavy atom. The molecule has 0 aliphatic carbocycles. The van der Waals surface area contributed by atoms with E-state index in [1.165, 1.54) is 18.2 Å². The summed E-state index contributed by atoms with van der Waals surface area (Å²) in [5, 5.41) is 51.3. The molecule has 0 radical (unpaired) electrons. The Hall–Kier alpha value is -3.34. The highest BCUT2D eigenvalue weighted by molar-refractivity contribution is 5.61. The standard InChI is InChI=1S/C21H20O5/c1-11-16(22)9-7-14(20(11)25)19(13-5-3-4-6-18(13)24)15-8-10-17(23)12(2)21(15)26/h3-10,19,22-26H,1-2H3. The molecule has 0 fully saturated rings. The van der Waals surface area contributed by atoms with Gasteiger partial charge in [0.05, 0.1) is 0 Å². The van der Waals surface area contributed by atoms with Crippen LogP contribution in [0.25, 0.3) is 0 Å². The average Bonchev–Trinajstić information content (AvgIpc) is 2.62. The molecule has 0 amide bonds. The van der Waals surface area contributed by atoms with Crippen LogP contribution in [0.5, 0.6) is 28.7 Å². The summed E-state index contributed by atoms with van der Waals surface area (Å²) in [6.07, 6.45) is 0. The van der Waals surface area contributed by atoms with Crippen LogP contribution in [-0.2, 0) is 0 Å². The third kappa shape index (κ3) is 2.77. The predicted molar refractivity (Wildman–Crippen MR) is 98.1 cm³/mol. The average molecular weight is 352 g/mol. The molecule has 5 N–H and O–H groups in total. The molecule has 0 spiro atoms. The van der Waals surface area contributed by atoms with E-state index in [0.29, 0.717) is 27.8 Å². The molecule has 0 unspecified atom stereocenters. The number of phenols is 5. The number of rotatable bonds is 3. The molecule has 5 heteroatoms. The largest absolute Gasteiger partial charge is 0.508 e. The molecule has 0 aliphatic heterocycles. The van der Waals surface area contributed by atoms with Crippen LogP contribution in [0.1, 0.15) is 33.7 Å². The van der Waals surface area contributed by atoms with Crippen LogP contribution in [-0.4, -0.2) is 25.5 Å². The highest BCUT2D eigenvalue weighted by atomic mass is 16.3. The molecule has 3 aromatic rings. The van der Waals surface area contributed by atoms with Gasteiger partial charge in [-0.15, -0.1) is 0 Å². The predicted octanol–water partition coefficient (Wildman–Crippen LogP) is 4.01. The van der Waals surface area contributed by atoms with Gasteiger partial charge in [0.2, 0.25) is 0 Å². The maximum absolute atomic E-state index is 10.6. The number of benzene rings is 3. The van der Waals surface area contributed by atoms with E-state index >= 15 is 0 Å². The van der Waals surface area contributed by atoms with Crippen LogP contribution in [0.2, 0.25) is 0 Å². The van der Waals surface area contributed by atoms with Gasteiger partial charge in [0.25, 0.3) is 0 Å². The summed E-state index contributed by atoms with van der Waals surface area (Å²) in [4.78, 5) is 0. The summed E-state index contributed by atoms with van der Waals surface area (Å²) >= 11 is 0. The minimum absolute atomic E-state index is 0.00718. The number of hydrogen-bond acceptors (Lipinski definition) is 5. The fourth-order valence-corrected chi connectivity index (χ4v) is 3.12. The SMILES string of the molecule is Cc1c(O)ccc(C(c2ccccc2O)c2ccc(O)c(C)c2O)c1O. The van der Waals surface area contributed by atoms with Crippen LogP contribution < -0.4 is 0 Å². The first-order valence-electron chi connectivity index (χ1n) is 8.13. The zero-order valence-corrected chi connectivity index (χ0v) is 14.4. The Morgan fingerprint density at radius 1 is 0.538 bits per heavy atom. The van der Waals surface area contributed by atoms with Gasteiger partial charge in [0, 0.05) is 33.7 Å². The van der Waals surface area contributed by atoms with Crippen molar-refractivity contribution in [2.45, 2.75) is 19.8 Å². The topological polar surface area (TPSA) is 101 Å². The Labute approximate surface area is 151 Å². The van der Waals surface area contributed by atoms with Crippen LogP contribution >= 0.6 is 0 Å². The lowest BCUT2D eigenvalue weighted by atomic mass is 9.82. The van der Waals surface area contributed by atoms with Crippen molar-refractivity contribution in [3.63, 3.8) is 0 Å². The second kappa shape index (κ2) is 6.52. The van der Waals surface area contributed by atoms with Gasteiger partial charge >= 0.3 is 0 Å². The first-order valence-corrected chi connectivity index (χ1v) is 8.13. The third-order valence-electron chi connectivity index (χ3n) is 4.74. The molecule has 3 aromatic carbocycles. The maximum Gasteiger partial charge on any atom is 0.126 e. The van der Waals surface area contributed by atoms with E-state index in [9.17, 15) is 25.5 Å². The summed E-state index contributed by atoms with van der Waals surface area (Å²) in [6.45, 7) is 3.16. The molecule has 134 valence electrons. The Morgan fingerprint density at radius 2 is 1.00 bits per heavy atom. The Bertz CT molecular complexity index is 921. The second-order valence-electron chi connectivity index (χ2n) is 6.29. The first-order chi connectivity index (χ1) is 12.3. The van der Waals surface area contributed by atoms with Crippen molar-refractivity contribution in [2.24, 2.45) is 0 Å². The van der Waals surface area contributed by atoms with Crippen molar-refractivity contribution in [1.29, 1.82) is 0 Å². The monoisotopic (exact) mass is 352 g/mol. The fourth-order valence-electron chi connectivity index (χ4n) is 3.12. The summed E-state index contributed by atoms with van der Waals surface area (Å²) in [7, 11) is 0. The highest BCUT2D eigenvalue weighted by Gasteiger charge is 2.27. The molecule has 0 saturated heterocycles. The minimum atomic E-state index is -0.699. The van der Waals surface area contributed by atoms with Crippen molar-refractivity contribution >= 4 is 0 Å². The molecular formula is C21H20O5. The summed E-state index contributed by atoms with van der Waals surface area (Å²) in [6, 6.07) is 12.7. The molecular weight excluding hydrogens is 332 g/mol. The Kier molecular flexibility index (Phi) is 4.38. The van der Waals surface area contributed by atoms with Gasteiger partial charge in [0.1, 0.15) is 28.7 Å². The highest BCUT2D eigenvalue weighted by Crippen LogP contribution is 2.46. The number of hydrogen-bond donors (Lipinski definition) is 5. The van der Waals surface area contributed by atoms with Crippen molar-refractivity contribution in [1.82, 2.24) is 0 Å². The lowest BCUT2D eigenvalue weighted by Crippen LogP contribution is -2.06. The van der Waals surface area contributed by atoms with E-state index in [0.717, 1.165) is 0 Å². The number of aromatic hydroxyl groups is 5. The van der Waals surface area contributed by atoms with Crippen molar-refractivity contribution < 1.29 is 25.5 Å². The van der Waals surface area contributed by atoms with Gasteiger partial charge in [-0.25, -0.2) is 0 Å². The minimum Gasteiger partial charge on any atom is -0.508 e. The number of phenolic OH excluding ortho intramolecular Hbond substituents is 5. The van der Waals surface area contributed by atoms with Crippen LogP contribution in [0, 0.1) is 13.8 Å². The van der Waals surface area contributed by atoms with E-state index in [-0.39, 0.29) is 28.7 Å². The molecule has 0 heterocycles. The molecule has 0 aliphatic rings. The molecule has 0 bridgehead atoms. The second-order valence-corrected chi connectivity index (χ2v) is 6.29. The molecule has 26 heavy (non-hydrogen) atoms. The smallest absolute Gasteiger partial charge is 0.126 e. The lowest BCUT2D eigenvalue weighted by molar-refractivity contribution is 0.430. The fraction of sp³-hybridized carbons (Fsp3) is 0.143. The third-order valence-corrected chi connectivity index (χ3v) is 4.74. The quantitative estimate of drug-likeness (QED) is 0.459. The summed E-state index contributed by atoms with van der Waals surface area (Å²) in [5.74, 6) is -1.03. The van der Waals surface area contributed by atoms with Gasteiger partial charge < -0.3 is 25.5 Å². The molecule has 0 aromatic heterocycles. The molecule has 3 rings (SSSR count). The lowest BCUT2D eigenvalue weighted by Gasteiger charge is -2.23. The summed E-state index contributed by atoms with van der Waals surface area (Å²) < 4.78 is 0. The molecule has 0 atom stereocenters. The summed E-state index contributed by atoms with van der Waals surface area (Å²) in [5.41, 5.74) is 1.92. The van der Waals surface area contributed by atoms with Gasteiger partial charge in [-0.1, -0.05) is 30.3 Å². The van der Waals surface area contributed by atoms with E-state index in [1.54, 1.807) is 44.2 Å². The zero-order chi connectivity index (χ0) is 19.0. The van der Waals surface area contributed by atoms with Gasteiger partial charge in [0.15, 0.2) is 0 Å². The van der Waals surface area contributed by atoms with E-state index in [4.69, 9.17) is 0 Å². The van der Waals surface area contributed by atoms with Gasteiger partial charge in [-0.2, -0.15) is 0 Å². The van der Waals surface area contributed by atoms with E-state index < -0.39 is 5.92 Å². The van der Waals surface area contributed by atoms with Gasteiger partial charge in [-0.3, -0.25) is 0 Å². The van der Waals surface area contributed by atoms with Crippen LogP contribution in [0.4, 0.5) is 0 Å². The van der Waals surface area contributed by atoms with Crippen molar-refractivity contribution in [2.75, 3.05) is 0 Å². The van der Waals surface area contributed by atoms with Crippen molar-refractivity contribution in [3.05, 3.63) is 76.3 Å². The maximum atomic E-state index is 10.6. The molecule has 0 saturated carbocycles. The normalized spacial score (nSPS) is 11.0. The van der Waals surface area contributed by atoms with E-state index in [2.05, 4.69) is 0 Å². The van der Waals surface area contributed by atoms with Gasteiger partial charge in [-0.05, 0) is 32.0 Å². The first kappa shape index (κ1) is 17.5. The Balaban J connectivity index is 2.34. The molecule has 5 nitrogen and oxygen atoms in total. The van der Waals surface area contributed by atoms with E-state index in [1.807, 2.05) is 0 Å². The number of para-hydroxylation sites is 1. The van der Waals surface area contributed by atoms with Crippen LogP contribution in [0.3, 0.4) is 0 Å². The van der Waals surface area contributed by atoms with Crippen molar-refractivity contribution in [3.8, 4) is 28.7 Å². The zero-order valence-electron chi connectivity index (χ0n) is 14.4.